The molecule has 0 fully saturated rings. The van der Waals surface area contributed by atoms with Crippen molar-refractivity contribution in [2.75, 3.05) is 7.05 Å². The molecule has 0 radical (unpaired) electrons. The molecule has 88 valence electrons. The summed E-state index contributed by atoms with van der Waals surface area (Å²) >= 11 is 0. The summed E-state index contributed by atoms with van der Waals surface area (Å²) < 4.78 is 1.96. The van der Waals surface area contributed by atoms with E-state index in [9.17, 15) is 0 Å². The molecular weight excluding hydrogens is 198 g/mol. The molecule has 0 spiro atoms. The Kier molecular flexibility index (Phi) is 3.78. The van der Waals surface area contributed by atoms with Gasteiger partial charge >= 0.3 is 0 Å². The molecule has 1 heterocycles. The molecule has 0 aliphatic heterocycles. The van der Waals surface area contributed by atoms with Crippen molar-refractivity contribution in [1.29, 1.82) is 0 Å². The van der Waals surface area contributed by atoms with Gasteiger partial charge in [-0.05, 0) is 45.2 Å². The number of allylic oxidation sites excluding steroid dienone is 1. The molecule has 1 aromatic rings. The van der Waals surface area contributed by atoms with Crippen LogP contribution in [0, 0.1) is 0 Å². The standard InChI is InChI=1S/C13H21N3/c1-14-12(13-8-9-15-16(13)2)10-11-6-4-3-5-7-11/h6,8-9,12,14H,3-5,7,10H2,1-2H3. The molecule has 1 atom stereocenters. The average Bonchev–Trinajstić information content (AvgIpc) is 2.74. The van der Waals surface area contributed by atoms with Crippen LogP contribution in [-0.4, -0.2) is 16.8 Å². The quantitative estimate of drug-likeness (QED) is 0.789. The molecule has 3 heteroatoms. The van der Waals surface area contributed by atoms with Crippen LogP contribution in [0.15, 0.2) is 23.9 Å². The number of aromatic nitrogens is 2. The SMILES string of the molecule is CNC(CC1=CCCCC1)c1ccnn1C. The molecule has 1 aliphatic rings. The first kappa shape index (κ1) is 11.4. The molecule has 1 unspecified atom stereocenters. The van der Waals surface area contributed by atoms with Gasteiger partial charge in [-0.3, -0.25) is 4.68 Å². The highest BCUT2D eigenvalue weighted by atomic mass is 15.3. The van der Waals surface area contributed by atoms with E-state index in [1.807, 2.05) is 25.0 Å². The maximum absolute atomic E-state index is 4.24. The number of hydrogen-bond donors (Lipinski definition) is 1. The normalized spacial score (nSPS) is 18.2. The smallest absolute Gasteiger partial charge is 0.0553 e. The fourth-order valence-corrected chi connectivity index (χ4v) is 2.43. The van der Waals surface area contributed by atoms with Crippen molar-refractivity contribution >= 4 is 0 Å². The van der Waals surface area contributed by atoms with Crippen LogP contribution in [0.5, 0.6) is 0 Å². The lowest BCUT2D eigenvalue weighted by Crippen LogP contribution is -2.20. The lowest BCUT2D eigenvalue weighted by molar-refractivity contribution is 0.518. The Balaban J connectivity index is 2.06. The summed E-state index contributed by atoms with van der Waals surface area (Å²) in [6.45, 7) is 0. The van der Waals surface area contributed by atoms with Gasteiger partial charge in [-0.25, -0.2) is 0 Å². The third-order valence-corrected chi connectivity index (χ3v) is 3.42. The van der Waals surface area contributed by atoms with Crippen molar-refractivity contribution < 1.29 is 0 Å². The zero-order valence-electron chi connectivity index (χ0n) is 10.2. The molecular formula is C13H21N3. The van der Waals surface area contributed by atoms with E-state index in [0.717, 1.165) is 6.42 Å². The summed E-state index contributed by atoms with van der Waals surface area (Å²) in [7, 11) is 4.04. The van der Waals surface area contributed by atoms with E-state index in [2.05, 4.69) is 22.6 Å². The fraction of sp³-hybridized carbons (Fsp3) is 0.615. The monoisotopic (exact) mass is 219 g/mol. The fourth-order valence-electron chi connectivity index (χ4n) is 2.43. The minimum atomic E-state index is 0.400. The van der Waals surface area contributed by atoms with Crippen LogP contribution in [0.1, 0.15) is 43.8 Å². The van der Waals surface area contributed by atoms with Gasteiger partial charge in [0.15, 0.2) is 0 Å². The predicted molar refractivity (Wildman–Crippen MR) is 66.2 cm³/mol. The zero-order chi connectivity index (χ0) is 11.4. The molecule has 16 heavy (non-hydrogen) atoms. The molecule has 1 aliphatic carbocycles. The van der Waals surface area contributed by atoms with Crippen molar-refractivity contribution in [3.63, 3.8) is 0 Å². The number of aryl methyl sites for hydroxylation is 1. The van der Waals surface area contributed by atoms with Gasteiger partial charge in [0.2, 0.25) is 0 Å². The molecule has 1 aromatic heterocycles. The van der Waals surface area contributed by atoms with Crippen molar-refractivity contribution in [2.24, 2.45) is 7.05 Å². The third-order valence-electron chi connectivity index (χ3n) is 3.42. The van der Waals surface area contributed by atoms with E-state index >= 15 is 0 Å². The summed E-state index contributed by atoms with van der Waals surface area (Å²) in [6.07, 6.45) is 10.7. The van der Waals surface area contributed by atoms with Crippen LogP contribution in [0.2, 0.25) is 0 Å². The molecule has 3 nitrogen and oxygen atoms in total. The summed E-state index contributed by atoms with van der Waals surface area (Å²) in [6, 6.07) is 2.50. The van der Waals surface area contributed by atoms with Crippen LogP contribution in [-0.2, 0) is 7.05 Å². The van der Waals surface area contributed by atoms with E-state index in [1.54, 1.807) is 5.57 Å². The molecule has 0 aromatic carbocycles. The van der Waals surface area contributed by atoms with Crippen molar-refractivity contribution in [2.45, 2.75) is 38.1 Å². The number of hydrogen-bond acceptors (Lipinski definition) is 2. The second kappa shape index (κ2) is 5.30. The molecule has 0 saturated carbocycles. The Bertz CT molecular complexity index is 365. The minimum Gasteiger partial charge on any atom is -0.311 e. The minimum absolute atomic E-state index is 0.400. The maximum atomic E-state index is 4.24. The number of nitrogens with zero attached hydrogens (tertiary/aromatic N) is 2. The predicted octanol–water partition coefficient (Wildman–Crippen LogP) is 2.57. The first-order chi connectivity index (χ1) is 7.81. The number of nitrogens with one attached hydrogen (secondary N) is 1. The highest BCUT2D eigenvalue weighted by Crippen LogP contribution is 2.26. The lowest BCUT2D eigenvalue weighted by atomic mass is 9.93. The van der Waals surface area contributed by atoms with Gasteiger partial charge in [0.25, 0.3) is 0 Å². The van der Waals surface area contributed by atoms with Crippen LogP contribution in [0.25, 0.3) is 0 Å². The third kappa shape index (κ3) is 2.53. The molecule has 0 saturated heterocycles. The maximum Gasteiger partial charge on any atom is 0.0553 e. The summed E-state index contributed by atoms with van der Waals surface area (Å²) in [5, 5.41) is 7.63. The zero-order valence-corrected chi connectivity index (χ0v) is 10.2. The van der Waals surface area contributed by atoms with Gasteiger partial charge in [-0.15, -0.1) is 0 Å². The van der Waals surface area contributed by atoms with Gasteiger partial charge in [0, 0.05) is 13.2 Å². The van der Waals surface area contributed by atoms with Crippen molar-refractivity contribution in [1.82, 2.24) is 15.1 Å². The van der Waals surface area contributed by atoms with Crippen molar-refractivity contribution in [3.8, 4) is 0 Å². The van der Waals surface area contributed by atoms with E-state index in [4.69, 9.17) is 0 Å². The Labute approximate surface area is 97.5 Å². The highest BCUT2D eigenvalue weighted by Gasteiger charge is 2.15. The Hall–Kier alpha value is -1.09. The van der Waals surface area contributed by atoms with Gasteiger partial charge in [0.05, 0.1) is 11.7 Å². The van der Waals surface area contributed by atoms with E-state index in [1.165, 1.54) is 31.4 Å². The first-order valence-corrected chi connectivity index (χ1v) is 6.14. The summed E-state index contributed by atoms with van der Waals surface area (Å²) in [5.74, 6) is 0. The number of rotatable bonds is 4. The van der Waals surface area contributed by atoms with E-state index in [-0.39, 0.29) is 0 Å². The van der Waals surface area contributed by atoms with E-state index < -0.39 is 0 Å². The van der Waals surface area contributed by atoms with Gasteiger partial charge in [0.1, 0.15) is 0 Å². The lowest BCUT2D eigenvalue weighted by Gasteiger charge is -2.20. The van der Waals surface area contributed by atoms with Gasteiger partial charge < -0.3 is 5.32 Å². The second-order valence-corrected chi connectivity index (χ2v) is 4.53. The summed E-state index contributed by atoms with van der Waals surface area (Å²) in [4.78, 5) is 0. The van der Waals surface area contributed by atoms with Gasteiger partial charge in [-0.1, -0.05) is 11.6 Å². The Morgan fingerprint density at radius 2 is 2.38 bits per heavy atom. The largest absolute Gasteiger partial charge is 0.311 e. The van der Waals surface area contributed by atoms with Gasteiger partial charge in [-0.2, -0.15) is 5.10 Å². The van der Waals surface area contributed by atoms with Crippen LogP contribution >= 0.6 is 0 Å². The Morgan fingerprint density at radius 1 is 1.50 bits per heavy atom. The topological polar surface area (TPSA) is 29.9 Å². The molecule has 2 rings (SSSR count). The second-order valence-electron chi connectivity index (χ2n) is 4.53. The van der Waals surface area contributed by atoms with E-state index in [0.29, 0.717) is 6.04 Å². The average molecular weight is 219 g/mol. The molecule has 0 bridgehead atoms. The van der Waals surface area contributed by atoms with Crippen LogP contribution in [0.3, 0.4) is 0 Å². The highest BCUT2D eigenvalue weighted by molar-refractivity contribution is 5.14. The molecule has 1 N–H and O–H groups in total. The Morgan fingerprint density at radius 3 is 2.94 bits per heavy atom. The van der Waals surface area contributed by atoms with Crippen molar-refractivity contribution in [3.05, 3.63) is 29.6 Å². The van der Waals surface area contributed by atoms with Crippen LogP contribution in [0.4, 0.5) is 0 Å². The van der Waals surface area contributed by atoms with Crippen LogP contribution < -0.4 is 5.32 Å². The molecule has 0 amide bonds. The summed E-state index contributed by atoms with van der Waals surface area (Å²) in [5.41, 5.74) is 2.88. The first-order valence-electron chi connectivity index (χ1n) is 6.14.